The molecule has 5 rings (SSSR count). The van der Waals surface area contributed by atoms with Crippen molar-refractivity contribution in [2.45, 2.75) is 51.2 Å². The molecule has 3 aromatic rings. The average Bonchev–Trinajstić information content (AvgIpc) is 3.40. The molecule has 1 aromatic carbocycles. The molecule has 2 aromatic heterocycles. The number of ether oxygens (including phenoxy) is 1. The van der Waals surface area contributed by atoms with Gasteiger partial charge in [-0.25, -0.2) is 0 Å². The molecule has 0 spiro atoms. The zero-order valence-electron chi connectivity index (χ0n) is 17.4. The van der Waals surface area contributed by atoms with Gasteiger partial charge in [0.05, 0.1) is 24.9 Å². The molecule has 1 aliphatic carbocycles. The molecule has 31 heavy (non-hydrogen) atoms. The standard InChI is InChI=1S/C23H24N4O4/c1-31-20(28)14-26-19-12-18(15-8-4-2-5-9-15)24-27(19)22(29)17-13-25(23(30)21(17)26)16-10-6-3-7-11-16/h2,4-5,8-9,12,16H,3,6-7,10-11,13-14H2,1H3. The van der Waals surface area contributed by atoms with Crippen LogP contribution in [0.3, 0.4) is 0 Å². The first-order valence-electron chi connectivity index (χ1n) is 10.7. The van der Waals surface area contributed by atoms with Crippen molar-refractivity contribution < 1.29 is 14.3 Å². The molecule has 0 radical (unpaired) electrons. The Labute approximate surface area is 179 Å². The minimum Gasteiger partial charge on any atom is -0.468 e. The van der Waals surface area contributed by atoms with E-state index in [9.17, 15) is 14.4 Å². The zero-order valence-corrected chi connectivity index (χ0v) is 17.4. The predicted molar refractivity (Wildman–Crippen MR) is 114 cm³/mol. The molecule has 0 unspecified atom stereocenters. The van der Waals surface area contributed by atoms with Gasteiger partial charge in [-0.15, -0.1) is 0 Å². The minimum absolute atomic E-state index is 0.131. The quantitative estimate of drug-likeness (QED) is 0.606. The maximum atomic E-state index is 13.4. The smallest absolute Gasteiger partial charge is 0.325 e. The second-order valence-electron chi connectivity index (χ2n) is 8.19. The van der Waals surface area contributed by atoms with Crippen molar-refractivity contribution in [3.63, 3.8) is 0 Å². The fourth-order valence-corrected chi connectivity index (χ4v) is 4.78. The van der Waals surface area contributed by atoms with Crippen molar-refractivity contribution in [1.29, 1.82) is 0 Å². The summed E-state index contributed by atoms with van der Waals surface area (Å²) in [5.74, 6) is -0.674. The van der Waals surface area contributed by atoms with Gasteiger partial charge in [0.25, 0.3) is 11.5 Å². The number of esters is 1. The molecular formula is C23H24N4O4. The first kappa shape index (κ1) is 19.5. The number of aromatic nitrogens is 3. The van der Waals surface area contributed by atoms with Gasteiger partial charge in [-0.2, -0.15) is 9.61 Å². The summed E-state index contributed by atoms with van der Waals surface area (Å²) in [7, 11) is 1.31. The zero-order chi connectivity index (χ0) is 21.5. The molecule has 0 N–H and O–H groups in total. The van der Waals surface area contributed by atoms with Crippen LogP contribution in [-0.4, -0.2) is 44.1 Å². The highest BCUT2D eigenvalue weighted by Crippen LogP contribution is 2.31. The number of nitrogens with zero attached hydrogens (tertiary/aromatic N) is 4. The van der Waals surface area contributed by atoms with Crippen LogP contribution < -0.4 is 5.56 Å². The summed E-state index contributed by atoms with van der Waals surface area (Å²) >= 11 is 0. The molecule has 160 valence electrons. The molecule has 1 fully saturated rings. The van der Waals surface area contributed by atoms with E-state index in [1.54, 1.807) is 15.5 Å². The van der Waals surface area contributed by atoms with Crippen molar-refractivity contribution in [3.8, 4) is 11.3 Å². The Morgan fingerprint density at radius 2 is 1.87 bits per heavy atom. The van der Waals surface area contributed by atoms with Gasteiger partial charge in [-0.1, -0.05) is 49.6 Å². The van der Waals surface area contributed by atoms with Gasteiger partial charge < -0.3 is 14.2 Å². The minimum atomic E-state index is -0.487. The van der Waals surface area contributed by atoms with Crippen LogP contribution in [0.2, 0.25) is 0 Å². The van der Waals surface area contributed by atoms with Gasteiger partial charge in [0.2, 0.25) is 0 Å². The molecule has 1 aliphatic heterocycles. The maximum absolute atomic E-state index is 13.4. The number of carbonyl (C=O) groups is 2. The van der Waals surface area contributed by atoms with Gasteiger partial charge in [0.1, 0.15) is 17.9 Å². The Morgan fingerprint density at radius 3 is 2.58 bits per heavy atom. The van der Waals surface area contributed by atoms with E-state index in [2.05, 4.69) is 5.10 Å². The van der Waals surface area contributed by atoms with Gasteiger partial charge in [-0.05, 0) is 12.8 Å². The van der Waals surface area contributed by atoms with E-state index < -0.39 is 5.97 Å². The molecule has 8 nitrogen and oxygen atoms in total. The topological polar surface area (TPSA) is 85.9 Å². The highest BCUT2D eigenvalue weighted by Gasteiger charge is 2.38. The van der Waals surface area contributed by atoms with E-state index in [0.29, 0.717) is 16.9 Å². The van der Waals surface area contributed by atoms with Gasteiger partial charge in [0, 0.05) is 17.7 Å². The van der Waals surface area contributed by atoms with E-state index >= 15 is 0 Å². The van der Waals surface area contributed by atoms with Crippen LogP contribution in [0.1, 0.15) is 48.2 Å². The molecule has 3 heterocycles. The van der Waals surface area contributed by atoms with Crippen molar-refractivity contribution in [3.05, 3.63) is 58.0 Å². The largest absolute Gasteiger partial charge is 0.468 e. The lowest BCUT2D eigenvalue weighted by Gasteiger charge is -2.30. The molecule has 0 bridgehead atoms. The number of amides is 1. The summed E-state index contributed by atoms with van der Waals surface area (Å²) in [6.07, 6.45) is 5.24. The van der Waals surface area contributed by atoms with E-state index in [1.165, 1.54) is 18.0 Å². The molecule has 2 aliphatic rings. The van der Waals surface area contributed by atoms with Crippen molar-refractivity contribution in [1.82, 2.24) is 19.1 Å². The number of hydrogen-bond donors (Lipinski definition) is 0. The Hall–Kier alpha value is -3.42. The molecule has 8 heteroatoms. The van der Waals surface area contributed by atoms with Crippen molar-refractivity contribution in [2.75, 3.05) is 7.11 Å². The number of rotatable bonds is 4. The fraction of sp³-hybridized carbons (Fsp3) is 0.391. The van der Waals surface area contributed by atoms with Crippen molar-refractivity contribution in [2.24, 2.45) is 0 Å². The summed E-state index contributed by atoms with van der Waals surface area (Å²) in [4.78, 5) is 40.8. The summed E-state index contributed by atoms with van der Waals surface area (Å²) in [6.45, 7) is 0.0993. The Morgan fingerprint density at radius 1 is 1.13 bits per heavy atom. The maximum Gasteiger partial charge on any atom is 0.325 e. The molecule has 0 saturated heterocycles. The normalized spacial score (nSPS) is 16.7. The summed E-state index contributed by atoms with van der Waals surface area (Å²) < 4.78 is 7.77. The van der Waals surface area contributed by atoms with E-state index in [4.69, 9.17) is 4.74 Å². The van der Waals surface area contributed by atoms with Crippen LogP contribution in [0.4, 0.5) is 0 Å². The van der Waals surface area contributed by atoms with Gasteiger partial charge in [0.15, 0.2) is 0 Å². The van der Waals surface area contributed by atoms with Crippen LogP contribution in [0, 0.1) is 0 Å². The Bertz CT molecular complexity index is 1220. The van der Waals surface area contributed by atoms with Crippen LogP contribution in [0.15, 0.2) is 41.2 Å². The van der Waals surface area contributed by atoms with Crippen LogP contribution >= 0.6 is 0 Å². The van der Waals surface area contributed by atoms with Gasteiger partial charge >= 0.3 is 5.97 Å². The monoisotopic (exact) mass is 420 g/mol. The van der Waals surface area contributed by atoms with E-state index in [-0.39, 0.29) is 36.3 Å². The average molecular weight is 420 g/mol. The number of fused-ring (bicyclic) bond motifs is 2. The SMILES string of the molecule is COC(=O)Cn1c2c(c(=O)n3nc(-c4ccccc4)cc13)CN(C1CCCCC1)C2=O. The highest BCUT2D eigenvalue weighted by atomic mass is 16.5. The number of methoxy groups -OCH3 is 1. The Balaban J connectivity index is 1.68. The Kier molecular flexibility index (Phi) is 4.84. The third-order valence-electron chi connectivity index (χ3n) is 6.37. The summed E-state index contributed by atoms with van der Waals surface area (Å²) in [5, 5.41) is 4.52. The second kappa shape index (κ2) is 7.68. The van der Waals surface area contributed by atoms with Crippen LogP contribution in [-0.2, 0) is 22.6 Å². The number of hydrogen-bond acceptors (Lipinski definition) is 5. The van der Waals surface area contributed by atoms with Crippen LogP contribution in [0.25, 0.3) is 16.9 Å². The third-order valence-corrected chi connectivity index (χ3v) is 6.37. The first-order chi connectivity index (χ1) is 15.1. The molecule has 1 saturated carbocycles. The third kappa shape index (κ3) is 3.22. The van der Waals surface area contributed by atoms with E-state index in [0.717, 1.165) is 31.2 Å². The second-order valence-corrected chi connectivity index (χ2v) is 8.19. The molecular weight excluding hydrogens is 396 g/mol. The lowest BCUT2D eigenvalue weighted by atomic mass is 9.94. The lowest BCUT2D eigenvalue weighted by Crippen LogP contribution is -2.37. The molecule has 0 atom stereocenters. The summed E-state index contributed by atoms with van der Waals surface area (Å²) in [6, 6.07) is 11.4. The fourth-order valence-electron chi connectivity index (χ4n) is 4.78. The highest BCUT2D eigenvalue weighted by molar-refractivity contribution is 5.98. The molecule has 1 amide bonds. The van der Waals surface area contributed by atoms with Crippen molar-refractivity contribution >= 4 is 17.5 Å². The predicted octanol–water partition coefficient (Wildman–Crippen LogP) is 2.62. The lowest BCUT2D eigenvalue weighted by molar-refractivity contribution is -0.141. The number of benzene rings is 1. The summed E-state index contributed by atoms with van der Waals surface area (Å²) in [5.41, 5.74) is 2.25. The van der Waals surface area contributed by atoms with Crippen LogP contribution in [0.5, 0.6) is 0 Å². The van der Waals surface area contributed by atoms with E-state index in [1.807, 2.05) is 30.3 Å². The number of carbonyl (C=O) groups excluding carboxylic acids is 2. The van der Waals surface area contributed by atoms with Gasteiger partial charge in [-0.3, -0.25) is 14.4 Å². The first-order valence-corrected chi connectivity index (χ1v) is 10.7.